The molecule has 6 aromatic rings. The molecule has 0 aliphatic heterocycles. The average molecular weight is 440 g/mol. The van der Waals surface area contributed by atoms with Crippen LogP contribution in [0.4, 0.5) is 0 Å². The van der Waals surface area contributed by atoms with E-state index in [2.05, 4.69) is 105 Å². The lowest BCUT2D eigenvalue weighted by atomic mass is 9.85. The monoisotopic (exact) mass is 439 g/mol. The van der Waals surface area contributed by atoms with Gasteiger partial charge >= 0.3 is 0 Å². The number of benzene rings is 4. The molecule has 0 bridgehead atoms. The Hall–Kier alpha value is -4.17. The number of pyridine rings is 1. The molecule has 4 aromatic carbocycles. The standard InChI is InChI=1S/C32H25NO/c1-21-20-33-28(19-27(21)24-13-7-4-8-14-24)25-17-18-30-32(26-15-9-10-16-29(26)34-30)31(25)22(2)23-11-5-3-6-12-23/h3-20,22H,1-2H3. The van der Waals surface area contributed by atoms with Crippen molar-refractivity contribution in [3.05, 3.63) is 126 Å². The summed E-state index contributed by atoms with van der Waals surface area (Å²) in [5.74, 6) is 0.171. The molecule has 0 amide bonds. The number of fused-ring (bicyclic) bond motifs is 3. The molecule has 0 aliphatic rings. The third-order valence-electron chi connectivity index (χ3n) is 6.78. The Balaban J connectivity index is 1.65. The molecule has 0 fully saturated rings. The zero-order valence-electron chi connectivity index (χ0n) is 19.3. The van der Waals surface area contributed by atoms with Gasteiger partial charge in [-0.25, -0.2) is 0 Å². The van der Waals surface area contributed by atoms with E-state index in [-0.39, 0.29) is 5.92 Å². The van der Waals surface area contributed by atoms with Crippen molar-refractivity contribution in [2.24, 2.45) is 0 Å². The summed E-state index contributed by atoms with van der Waals surface area (Å²) in [6.45, 7) is 4.40. The Bertz CT molecular complexity index is 1610. The summed E-state index contributed by atoms with van der Waals surface area (Å²) in [6.07, 6.45) is 1.99. The highest BCUT2D eigenvalue weighted by atomic mass is 16.3. The van der Waals surface area contributed by atoms with Crippen LogP contribution >= 0.6 is 0 Å². The Morgan fingerprint density at radius 1 is 0.706 bits per heavy atom. The number of para-hydroxylation sites is 1. The molecule has 0 aliphatic carbocycles. The molecule has 0 saturated carbocycles. The van der Waals surface area contributed by atoms with Crippen LogP contribution in [0.3, 0.4) is 0 Å². The van der Waals surface area contributed by atoms with Gasteiger partial charge in [0.25, 0.3) is 0 Å². The normalized spacial score (nSPS) is 12.3. The molecule has 34 heavy (non-hydrogen) atoms. The maximum Gasteiger partial charge on any atom is 0.135 e. The van der Waals surface area contributed by atoms with Crippen LogP contribution in [0.2, 0.25) is 0 Å². The van der Waals surface area contributed by atoms with Crippen molar-refractivity contribution in [1.29, 1.82) is 0 Å². The number of hydrogen-bond donors (Lipinski definition) is 0. The molecule has 164 valence electrons. The van der Waals surface area contributed by atoms with Crippen LogP contribution in [0.25, 0.3) is 44.3 Å². The number of hydrogen-bond acceptors (Lipinski definition) is 2. The fourth-order valence-corrected chi connectivity index (χ4v) is 5.02. The van der Waals surface area contributed by atoms with Crippen LogP contribution in [0.1, 0.15) is 29.5 Å². The Labute approximate surface area is 199 Å². The van der Waals surface area contributed by atoms with Gasteiger partial charge in [0.15, 0.2) is 0 Å². The maximum atomic E-state index is 6.26. The average Bonchev–Trinajstić information content (AvgIpc) is 3.28. The van der Waals surface area contributed by atoms with E-state index in [1.165, 1.54) is 33.2 Å². The van der Waals surface area contributed by atoms with Gasteiger partial charge in [0.05, 0.1) is 5.69 Å². The van der Waals surface area contributed by atoms with Crippen LogP contribution in [0.15, 0.2) is 114 Å². The molecular formula is C32H25NO. The Morgan fingerprint density at radius 2 is 1.41 bits per heavy atom. The first-order valence-electron chi connectivity index (χ1n) is 11.7. The van der Waals surface area contributed by atoms with E-state index in [1.54, 1.807) is 0 Å². The van der Waals surface area contributed by atoms with Gasteiger partial charge in [-0.2, -0.15) is 0 Å². The van der Waals surface area contributed by atoms with E-state index in [0.717, 1.165) is 27.8 Å². The summed E-state index contributed by atoms with van der Waals surface area (Å²) in [5.41, 5.74) is 10.1. The Morgan fingerprint density at radius 3 is 2.21 bits per heavy atom. The number of furan rings is 1. The van der Waals surface area contributed by atoms with Crippen molar-refractivity contribution in [1.82, 2.24) is 4.98 Å². The van der Waals surface area contributed by atoms with Gasteiger partial charge in [0.1, 0.15) is 11.2 Å². The number of rotatable bonds is 4. The van der Waals surface area contributed by atoms with E-state index >= 15 is 0 Å². The molecule has 0 radical (unpaired) electrons. The second-order valence-corrected chi connectivity index (χ2v) is 8.88. The zero-order chi connectivity index (χ0) is 23.1. The van der Waals surface area contributed by atoms with Crippen molar-refractivity contribution in [2.45, 2.75) is 19.8 Å². The van der Waals surface area contributed by atoms with E-state index in [4.69, 9.17) is 9.40 Å². The zero-order valence-corrected chi connectivity index (χ0v) is 19.3. The van der Waals surface area contributed by atoms with E-state index < -0.39 is 0 Å². The van der Waals surface area contributed by atoms with E-state index in [9.17, 15) is 0 Å². The molecule has 6 rings (SSSR count). The number of nitrogens with zero attached hydrogens (tertiary/aromatic N) is 1. The van der Waals surface area contributed by atoms with Crippen LogP contribution in [-0.4, -0.2) is 4.98 Å². The SMILES string of the molecule is Cc1cnc(-c2ccc3oc4ccccc4c3c2C(C)c2ccccc2)cc1-c1ccccc1. The summed E-state index contributed by atoms with van der Waals surface area (Å²) < 4.78 is 6.26. The highest BCUT2D eigenvalue weighted by molar-refractivity contribution is 6.09. The summed E-state index contributed by atoms with van der Waals surface area (Å²) in [4.78, 5) is 4.91. The van der Waals surface area contributed by atoms with Gasteiger partial charge in [-0.15, -0.1) is 0 Å². The molecule has 2 heterocycles. The first kappa shape index (κ1) is 20.4. The molecule has 1 atom stereocenters. The summed E-state index contributed by atoms with van der Waals surface area (Å²) in [7, 11) is 0. The minimum Gasteiger partial charge on any atom is -0.456 e. The minimum absolute atomic E-state index is 0.171. The van der Waals surface area contributed by atoms with Crippen molar-refractivity contribution in [3.63, 3.8) is 0 Å². The van der Waals surface area contributed by atoms with Crippen molar-refractivity contribution >= 4 is 21.9 Å². The van der Waals surface area contributed by atoms with Crippen LogP contribution in [0, 0.1) is 6.92 Å². The van der Waals surface area contributed by atoms with Gasteiger partial charge in [-0.3, -0.25) is 4.98 Å². The van der Waals surface area contributed by atoms with E-state index in [1.807, 2.05) is 18.3 Å². The van der Waals surface area contributed by atoms with Crippen LogP contribution in [-0.2, 0) is 0 Å². The lowest BCUT2D eigenvalue weighted by Gasteiger charge is -2.19. The molecular weight excluding hydrogens is 414 g/mol. The van der Waals surface area contributed by atoms with E-state index in [0.29, 0.717) is 0 Å². The molecule has 0 N–H and O–H groups in total. The maximum absolute atomic E-state index is 6.26. The number of aromatic nitrogens is 1. The fraction of sp³-hybridized carbons (Fsp3) is 0.0938. The smallest absolute Gasteiger partial charge is 0.135 e. The molecule has 1 unspecified atom stereocenters. The third kappa shape index (κ3) is 3.39. The lowest BCUT2D eigenvalue weighted by molar-refractivity contribution is 0.668. The highest BCUT2D eigenvalue weighted by Crippen LogP contribution is 2.42. The third-order valence-corrected chi connectivity index (χ3v) is 6.78. The van der Waals surface area contributed by atoms with Gasteiger partial charge in [0, 0.05) is 28.5 Å². The fourth-order valence-electron chi connectivity index (χ4n) is 5.02. The molecule has 2 nitrogen and oxygen atoms in total. The summed E-state index contributed by atoms with van der Waals surface area (Å²) >= 11 is 0. The van der Waals surface area contributed by atoms with Gasteiger partial charge in [-0.1, -0.05) is 85.8 Å². The van der Waals surface area contributed by atoms with Crippen LogP contribution in [0.5, 0.6) is 0 Å². The summed E-state index contributed by atoms with van der Waals surface area (Å²) in [6, 6.07) is 36.0. The van der Waals surface area contributed by atoms with Gasteiger partial charge < -0.3 is 4.42 Å². The molecule has 2 heteroatoms. The minimum atomic E-state index is 0.171. The first-order chi connectivity index (χ1) is 16.7. The largest absolute Gasteiger partial charge is 0.456 e. The van der Waals surface area contributed by atoms with Crippen LogP contribution < -0.4 is 0 Å². The Kier molecular flexibility index (Phi) is 5.00. The first-order valence-corrected chi connectivity index (χ1v) is 11.7. The van der Waals surface area contributed by atoms with Gasteiger partial charge in [-0.05, 0) is 59.0 Å². The molecule has 0 spiro atoms. The predicted octanol–water partition coefficient (Wildman–Crippen LogP) is 8.78. The van der Waals surface area contributed by atoms with Crippen molar-refractivity contribution in [3.8, 4) is 22.4 Å². The quantitative estimate of drug-likeness (QED) is 0.274. The molecule has 0 saturated heterocycles. The predicted molar refractivity (Wildman–Crippen MR) is 141 cm³/mol. The summed E-state index contributed by atoms with van der Waals surface area (Å²) in [5, 5.41) is 2.32. The second-order valence-electron chi connectivity index (χ2n) is 8.88. The van der Waals surface area contributed by atoms with Crippen molar-refractivity contribution in [2.75, 3.05) is 0 Å². The van der Waals surface area contributed by atoms with Gasteiger partial charge in [0.2, 0.25) is 0 Å². The molecule has 2 aromatic heterocycles. The topological polar surface area (TPSA) is 26.0 Å². The van der Waals surface area contributed by atoms with Crippen molar-refractivity contribution < 1.29 is 4.42 Å². The lowest BCUT2D eigenvalue weighted by Crippen LogP contribution is -2.01. The number of aryl methyl sites for hydroxylation is 1. The highest BCUT2D eigenvalue weighted by Gasteiger charge is 2.22. The second kappa shape index (κ2) is 8.31.